The van der Waals surface area contributed by atoms with E-state index < -0.39 is 0 Å². The van der Waals surface area contributed by atoms with Gasteiger partial charge in [-0.25, -0.2) is 0 Å². The zero-order valence-electron chi connectivity index (χ0n) is 7.24. The number of hydrogen-bond acceptors (Lipinski definition) is 1. The fraction of sp³-hybridized carbons (Fsp3) is 1.00. The first-order chi connectivity index (χ1) is 4.33. The third-order valence-electron chi connectivity index (χ3n) is 0.957. The van der Waals surface area contributed by atoms with Gasteiger partial charge in [0.2, 0.25) is 0 Å². The summed E-state index contributed by atoms with van der Waals surface area (Å²) in [6.07, 6.45) is 1.47. The predicted octanol–water partition coefficient (Wildman–Crippen LogP) is -2.74. The molecule has 0 radical (unpaired) electrons. The van der Waals surface area contributed by atoms with Crippen LogP contribution < -0.4 is 0 Å². The molecular formula is C4H20OSi4. The molecule has 0 aromatic rings. The van der Waals surface area contributed by atoms with Crippen LogP contribution >= 0.6 is 0 Å². The van der Waals surface area contributed by atoms with Crippen molar-refractivity contribution < 1.29 is 4.43 Å². The molecule has 0 aromatic carbocycles. The van der Waals surface area contributed by atoms with Crippen molar-refractivity contribution in [3.8, 4) is 0 Å². The lowest BCUT2D eigenvalue weighted by atomic mass is 10.6. The molecular weight excluding hydrogens is 176 g/mol. The molecule has 9 heavy (non-hydrogen) atoms. The first kappa shape index (κ1) is 12.5. The summed E-state index contributed by atoms with van der Waals surface area (Å²) in [6.45, 7) is 2.30. The van der Waals surface area contributed by atoms with E-state index in [0.29, 0.717) is 17.6 Å². The summed E-state index contributed by atoms with van der Waals surface area (Å²) in [5.41, 5.74) is 0. The maximum absolute atomic E-state index is 4.39. The van der Waals surface area contributed by atoms with E-state index in [2.05, 4.69) is 11.3 Å². The highest BCUT2D eigenvalue weighted by molar-refractivity contribution is 7.23. The Labute approximate surface area is 69.1 Å². The molecule has 0 heterocycles. The Balaban J connectivity index is 0. The fourth-order valence-corrected chi connectivity index (χ4v) is 9.00. The summed E-state index contributed by atoms with van der Waals surface area (Å²) in [6, 6.07) is 1.65. The third-order valence-corrected chi connectivity index (χ3v) is 12.9. The Kier molecular flexibility index (Phi) is 22.1. The van der Waals surface area contributed by atoms with Gasteiger partial charge in [0, 0.05) is 16.1 Å². The van der Waals surface area contributed by atoms with Gasteiger partial charge in [-0.05, 0) is 18.3 Å². The average Bonchev–Trinajstić information content (AvgIpc) is 1.86. The Morgan fingerprint density at radius 3 is 2.11 bits per heavy atom. The molecule has 0 N–H and O–H groups in total. The molecule has 0 aliphatic carbocycles. The first-order valence-corrected chi connectivity index (χ1v) is 15.2. The van der Waals surface area contributed by atoms with Gasteiger partial charge in [-0.2, -0.15) is 0 Å². The summed E-state index contributed by atoms with van der Waals surface area (Å²) in [5.74, 6) is 0. The minimum absolute atomic E-state index is 0.622. The van der Waals surface area contributed by atoms with Gasteiger partial charge in [-0.15, -0.1) is 0 Å². The van der Waals surface area contributed by atoms with Gasteiger partial charge in [-0.1, -0.05) is 19.4 Å². The second kappa shape index (κ2) is 15.9. The molecule has 0 rings (SSSR count). The highest BCUT2D eigenvalue weighted by atomic mass is 29.5. The molecule has 0 unspecified atom stereocenters. The van der Waals surface area contributed by atoms with Crippen LogP contribution in [-0.2, 0) is 4.43 Å². The van der Waals surface area contributed by atoms with E-state index in [0.717, 1.165) is 10.5 Å². The molecule has 0 bridgehead atoms. The zero-order chi connectivity index (χ0) is 7.54. The molecule has 0 aliphatic heterocycles. The van der Waals surface area contributed by atoms with E-state index in [9.17, 15) is 0 Å². The zero-order valence-corrected chi connectivity index (χ0v) is 14.1. The molecule has 0 aliphatic rings. The molecule has 1 nitrogen and oxygen atoms in total. The lowest BCUT2D eigenvalue weighted by Crippen LogP contribution is -2.00. The number of rotatable bonds is 3. The largest absolute Gasteiger partial charge is 0.431 e. The van der Waals surface area contributed by atoms with Crippen LogP contribution in [0.4, 0.5) is 0 Å². The van der Waals surface area contributed by atoms with E-state index in [1.165, 1.54) is 6.42 Å². The normalized spacial score (nSPS) is 11.3. The quantitative estimate of drug-likeness (QED) is 0.352. The van der Waals surface area contributed by atoms with Crippen molar-refractivity contribution in [1.82, 2.24) is 0 Å². The summed E-state index contributed by atoms with van der Waals surface area (Å²) >= 11 is 0. The smallest absolute Gasteiger partial charge is 0.145 e. The third kappa shape index (κ3) is 28.1. The molecule has 0 amide bonds. The van der Waals surface area contributed by atoms with Crippen LogP contribution in [-0.4, -0.2) is 44.9 Å². The second-order valence-electron chi connectivity index (χ2n) is 2.12. The molecule has 0 fully saturated rings. The van der Waals surface area contributed by atoms with Crippen molar-refractivity contribution in [2.45, 2.75) is 19.4 Å². The summed E-state index contributed by atoms with van der Waals surface area (Å²) in [4.78, 5) is 0. The summed E-state index contributed by atoms with van der Waals surface area (Å²) in [5, 5.41) is 0. The van der Waals surface area contributed by atoms with Crippen molar-refractivity contribution in [2.24, 2.45) is 0 Å². The molecule has 0 atom stereocenters. The minimum atomic E-state index is 0.622. The van der Waals surface area contributed by atoms with Gasteiger partial charge in [0.25, 0.3) is 0 Å². The van der Waals surface area contributed by atoms with E-state index in [1.54, 1.807) is 22.9 Å². The van der Waals surface area contributed by atoms with Gasteiger partial charge in [0.15, 0.2) is 0 Å². The fourth-order valence-electron chi connectivity index (χ4n) is 0.500. The maximum atomic E-state index is 4.39. The minimum Gasteiger partial charge on any atom is -0.431 e. The monoisotopic (exact) mass is 196 g/mol. The molecule has 0 saturated heterocycles. The van der Waals surface area contributed by atoms with Crippen LogP contribution in [0, 0.1) is 0 Å². The Bertz CT molecular complexity index is 31.7. The van der Waals surface area contributed by atoms with Crippen molar-refractivity contribution >= 4 is 37.8 Å². The standard InChI is InChI=1S/C3H14Si3.CH6OSi/c1-2-3-5-6-4;1-2-3/h2-3,5-6H2,1,4H3;1,3H3. The molecule has 0 saturated carbocycles. The average molecular weight is 197 g/mol. The SMILES string of the molecule is CCC[SiH2][SiH2][SiH3].CO[SiH3]. The lowest BCUT2D eigenvalue weighted by molar-refractivity contribution is 0.460. The van der Waals surface area contributed by atoms with Crippen molar-refractivity contribution in [1.29, 1.82) is 0 Å². The van der Waals surface area contributed by atoms with Crippen LogP contribution in [0.25, 0.3) is 0 Å². The predicted molar refractivity (Wildman–Crippen MR) is 59.1 cm³/mol. The maximum Gasteiger partial charge on any atom is 0.145 e. The van der Waals surface area contributed by atoms with Crippen LogP contribution in [0.2, 0.25) is 6.04 Å². The van der Waals surface area contributed by atoms with Gasteiger partial charge in [0.05, 0.1) is 0 Å². The van der Waals surface area contributed by atoms with E-state index in [-0.39, 0.29) is 0 Å². The van der Waals surface area contributed by atoms with Gasteiger partial charge in [0.1, 0.15) is 10.5 Å². The number of hydrogen-bond donors (Lipinski definition) is 0. The second-order valence-corrected chi connectivity index (χ2v) is 19.5. The van der Waals surface area contributed by atoms with Gasteiger partial charge >= 0.3 is 0 Å². The van der Waals surface area contributed by atoms with Crippen molar-refractivity contribution in [3.63, 3.8) is 0 Å². The van der Waals surface area contributed by atoms with Crippen LogP contribution in [0.1, 0.15) is 13.3 Å². The summed E-state index contributed by atoms with van der Waals surface area (Å²) < 4.78 is 4.39. The molecule has 0 aromatic heterocycles. The topological polar surface area (TPSA) is 9.23 Å². The highest BCUT2D eigenvalue weighted by Crippen LogP contribution is 1.80. The lowest BCUT2D eigenvalue weighted by Gasteiger charge is -1.83. The van der Waals surface area contributed by atoms with E-state index >= 15 is 0 Å². The van der Waals surface area contributed by atoms with Crippen LogP contribution in [0.15, 0.2) is 0 Å². The van der Waals surface area contributed by atoms with Crippen molar-refractivity contribution in [3.05, 3.63) is 0 Å². The van der Waals surface area contributed by atoms with E-state index in [4.69, 9.17) is 0 Å². The highest BCUT2D eigenvalue weighted by Gasteiger charge is 1.77. The van der Waals surface area contributed by atoms with Crippen molar-refractivity contribution in [2.75, 3.05) is 7.11 Å². The molecule has 0 spiro atoms. The van der Waals surface area contributed by atoms with E-state index in [1.807, 2.05) is 0 Å². The van der Waals surface area contributed by atoms with Crippen LogP contribution in [0.5, 0.6) is 0 Å². The Hall–Kier alpha value is 0.828. The molecule has 58 valence electrons. The van der Waals surface area contributed by atoms with Crippen LogP contribution in [0.3, 0.4) is 0 Å². The Morgan fingerprint density at radius 1 is 1.56 bits per heavy atom. The first-order valence-electron chi connectivity index (χ1n) is 3.73. The summed E-state index contributed by atoms with van der Waals surface area (Å²) in [7, 11) is 5.46. The Morgan fingerprint density at radius 2 is 2.00 bits per heavy atom. The molecule has 5 heteroatoms. The van der Waals surface area contributed by atoms with Gasteiger partial charge < -0.3 is 4.43 Å². The van der Waals surface area contributed by atoms with Gasteiger partial charge in [-0.3, -0.25) is 0 Å².